The van der Waals surface area contributed by atoms with Gasteiger partial charge in [-0.3, -0.25) is 9.59 Å². The minimum Gasteiger partial charge on any atom is -0.351 e. The van der Waals surface area contributed by atoms with Crippen LogP contribution in [0.15, 0.2) is 89.9 Å². The number of carbonyl (C=O) groups excluding carboxylic acids is 1. The van der Waals surface area contributed by atoms with E-state index in [2.05, 4.69) is 29.6 Å². The number of aromatic nitrogens is 1. The van der Waals surface area contributed by atoms with Crippen LogP contribution in [-0.4, -0.2) is 16.5 Å². The number of rotatable bonds is 6. The van der Waals surface area contributed by atoms with Crippen molar-refractivity contribution in [3.05, 3.63) is 107 Å². The Morgan fingerprint density at radius 1 is 0.885 bits per heavy atom. The molecule has 0 saturated heterocycles. The van der Waals surface area contributed by atoms with Crippen LogP contribution >= 0.6 is 0 Å². The molecule has 1 aromatic heterocycles. The average molecular weight is 346 g/mol. The van der Waals surface area contributed by atoms with E-state index in [4.69, 9.17) is 0 Å². The summed E-state index contributed by atoms with van der Waals surface area (Å²) in [5.41, 5.74) is 2.10. The third kappa shape index (κ3) is 4.28. The smallest absolute Gasteiger partial charge is 0.250 e. The standard InChI is InChI=1S/C22H22N2O2/c1-17(23-20(25)16-24-15-9-8-14-21(24)26)22(18-10-4-2-5-11-18)19-12-6-3-7-13-19/h2-15,17,22H,16H2,1H3,(H,23,25). The molecule has 0 bridgehead atoms. The summed E-state index contributed by atoms with van der Waals surface area (Å²) >= 11 is 0. The summed E-state index contributed by atoms with van der Waals surface area (Å²) in [6.45, 7) is 2.01. The minimum absolute atomic E-state index is 0.0142. The molecule has 1 atom stereocenters. The molecule has 1 N–H and O–H groups in total. The molecule has 1 unspecified atom stereocenters. The van der Waals surface area contributed by atoms with Crippen LogP contribution in [0.5, 0.6) is 0 Å². The van der Waals surface area contributed by atoms with Gasteiger partial charge in [0.15, 0.2) is 0 Å². The van der Waals surface area contributed by atoms with E-state index in [0.717, 1.165) is 11.1 Å². The zero-order valence-electron chi connectivity index (χ0n) is 14.7. The SMILES string of the molecule is CC(NC(=O)Cn1ccccc1=O)C(c1ccccc1)c1ccccc1. The highest BCUT2D eigenvalue weighted by Gasteiger charge is 2.22. The Kier molecular flexibility index (Phi) is 5.64. The number of benzene rings is 2. The lowest BCUT2D eigenvalue weighted by atomic mass is 9.86. The molecule has 2 aromatic carbocycles. The summed E-state index contributed by atoms with van der Waals surface area (Å²) in [6.07, 6.45) is 1.62. The number of carbonyl (C=O) groups is 1. The highest BCUT2D eigenvalue weighted by Crippen LogP contribution is 2.27. The van der Waals surface area contributed by atoms with Crippen LogP contribution in [0, 0.1) is 0 Å². The maximum absolute atomic E-state index is 12.5. The molecule has 0 fully saturated rings. The summed E-state index contributed by atoms with van der Waals surface area (Å²) < 4.78 is 1.40. The van der Waals surface area contributed by atoms with E-state index in [1.165, 1.54) is 10.6 Å². The predicted molar refractivity (Wildman–Crippen MR) is 103 cm³/mol. The lowest BCUT2D eigenvalue weighted by Crippen LogP contribution is -2.40. The normalized spacial score (nSPS) is 11.9. The molecular weight excluding hydrogens is 324 g/mol. The average Bonchev–Trinajstić information content (AvgIpc) is 2.65. The third-order valence-electron chi connectivity index (χ3n) is 4.42. The van der Waals surface area contributed by atoms with Gasteiger partial charge in [0, 0.05) is 24.2 Å². The maximum Gasteiger partial charge on any atom is 0.250 e. The Bertz CT molecular complexity index is 864. The molecule has 4 heteroatoms. The predicted octanol–water partition coefficient (Wildman–Crippen LogP) is 3.19. The number of amides is 1. The monoisotopic (exact) mass is 346 g/mol. The summed E-state index contributed by atoms with van der Waals surface area (Å²) in [4.78, 5) is 24.3. The van der Waals surface area contributed by atoms with Gasteiger partial charge < -0.3 is 9.88 Å². The Hall–Kier alpha value is -3.14. The lowest BCUT2D eigenvalue weighted by Gasteiger charge is -2.26. The summed E-state index contributed by atoms with van der Waals surface area (Å²) in [6, 6.07) is 25.0. The van der Waals surface area contributed by atoms with E-state index in [1.54, 1.807) is 18.3 Å². The fourth-order valence-corrected chi connectivity index (χ4v) is 3.22. The molecule has 3 aromatic rings. The van der Waals surface area contributed by atoms with Crippen molar-refractivity contribution >= 4 is 5.91 Å². The van der Waals surface area contributed by atoms with Crippen molar-refractivity contribution in [2.75, 3.05) is 0 Å². The Morgan fingerprint density at radius 2 is 1.42 bits per heavy atom. The van der Waals surface area contributed by atoms with Gasteiger partial charge in [0.25, 0.3) is 5.56 Å². The van der Waals surface area contributed by atoms with E-state index in [0.29, 0.717) is 0 Å². The van der Waals surface area contributed by atoms with Crippen molar-refractivity contribution in [2.24, 2.45) is 0 Å². The molecular formula is C22H22N2O2. The first-order chi connectivity index (χ1) is 12.6. The van der Waals surface area contributed by atoms with Crippen molar-refractivity contribution < 1.29 is 4.79 Å². The van der Waals surface area contributed by atoms with Crippen molar-refractivity contribution in [3.63, 3.8) is 0 Å². The topological polar surface area (TPSA) is 51.1 Å². The Morgan fingerprint density at radius 3 is 1.96 bits per heavy atom. The van der Waals surface area contributed by atoms with Gasteiger partial charge in [-0.25, -0.2) is 0 Å². The first-order valence-corrected chi connectivity index (χ1v) is 8.70. The number of hydrogen-bond acceptors (Lipinski definition) is 2. The van der Waals surface area contributed by atoms with Gasteiger partial charge in [-0.2, -0.15) is 0 Å². The first kappa shape index (κ1) is 17.7. The second-order valence-electron chi connectivity index (χ2n) is 6.32. The second-order valence-corrected chi connectivity index (χ2v) is 6.32. The van der Waals surface area contributed by atoms with Crippen LogP contribution in [0.1, 0.15) is 24.0 Å². The van der Waals surface area contributed by atoms with Crippen LogP contribution in [0.3, 0.4) is 0 Å². The fourth-order valence-electron chi connectivity index (χ4n) is 3.22. The van der Waals surface area contributed by atoms with E-state index >= 15 is 0 Å². The lowest BCUT2D eigenvalue weighted by molar-refractivity contribution is -0.122. The highest BCUT2D eigenvalue weighted by molar-refractivity contribution is 5.76. The van der Waals surface area contributed by atoms with E-state index < -0.39 is 0 Å². The number of hydrogen-bond donors (Lipinski definition) is 1. The van der Waals surface area contributed by atoms with Gasteiger partial charge in [0.2, 0.25) is 5.91 Å². The van der Waals surface area contributed by atoms with Gasteiger partial charge in [-0.05, 0) is 24.1 Å². The number of pyridine rings is 1. The summed E-state index contributed by atoms with van der Waals surface area (Å²) in [5, 5.41) is 3.05. The van der Waals surface area contributed by atoms with E-state index in [9.17, 15) is 9.59 Å². The molecule has 1 heterocycles. The van der Waals surface area contributed by atoms with Gasteiger partial charge in [0.05, 0.1) is 0 Å². The first-order valence-electron chi connectivity index (χ1n) is 8.70. The molecule has 0 aliphatic rings. The molecule has 4 nitrogen and oxygen atoms in total. The summed E-state index contributed by atoms with van der Waals surface area (Å²) in [7, 11) is 0. The third-order valence-corrected chi connectivity index (χ3v) is 4.42. The summed E-state index contributed by atoms with van der Waals surface area (Å²) in [5.74, 6) is -0.142. The van der Waals surface area contributed by atoms with Crippen LogP contribution in [0.4, 0.5) is 0 Å². The largest absolute Gasteiger partial charge is 0.351 e. The molecule has 26 heavy (non-hydrogen) atoms. The molecule has 3 rings (SSSR count). The van der Waals surface area contributed by atoms with Crippen LogP contribution in [0.2, 0.25) is 0 Å². The second kappa shape index (κ2) is 8.30. The number of nitrogens with zero attached hydrogens (tertiary/aromatic N) is 1. The maximum atomic E-state index is 12.5. The molecule has 0 spiro atoms. The Balaban J connectivity index is 1.80. The molecule has 1 amide bonds. The zero-order chi connectivity index (χ0) is 18.4. The van der Waals surface area contributed by atoms with Crippen molar-refractivity contribution in [1.82, 2.24) is 9.88 Å². The quantitative estimate of drug-likeness (QED) is 0.745. The molecule has 0 aliphatic carbocycles. The van der Waals surface area contributed by atoms with Crippen molar-refractivity contribution in [3.8, 4) is 0 Å². The molecule has 0 radical (unpaired) electrons. The van der Waals surface area contributed by atoms with Gasteiger partial charge in [-0.1, -0.05) is 66.7 Å². The highest BCUT2D eigenvalue weighted by atomic mass is 16.2. The number of nitrogens with one attached hydrogen (secondary N) is 1. The van der Waals surface area contributed by atoms with Gasteiger partial charge in [-0.15, -0.1) is 0 Å². The van der Waals surface area contributed by atoms with Gasteiger partial charge >= 0.3 is 0 Å². The molecule has 132 valence electrons. The van der Waals surface area contributed by atoms with Crippen molar-refractivity contribution in [1.29, 1.82) is 0 Å². The Labute approximate surface area is 153 Å². The zero-order valence-corrected chi connectivity index (χ0v) is 14.7. The van der Waals surface area contributed by atoms with Crippen molar-refractivity contribution in [2.45, 2.75) is 25.4 Å². The van der Waals surface area contributed by atoms with Crippen LogP contribution < -0.4 is 10.9 Å². The van der Waals surface area contributed by atoms with E-state index in [1.807, 2.05) is 43.3 Å². The van der Waals surface area contributed by atoms with Gasteiger partial charge in [0.1, 0.15) is 6.54 Å². The van der Waals surface area contributed by atoms with Crippen LogP contribution in [-0.2, 0) is 11.3 Å². The molecule has 0 saturated carbocycles. The fraction of sp³-hybridized carbons (Fsp3) is 0.182. The van der Waals surface area contributed by atoms with E-state index in [-0.39, 0.29) is 30.0 Å². The minimum atomic E-state index is -0.182. The molecule has 0 aliphatic heterocycles. The van der Waals surface area contributed by atoms with Crippen LogP contribution in [0.25, 0.3) is 0 Å².